The molecule has 2 N–H and O–H groups in total. The van der Waals surface area contributed by atoms with Crippen molar-refractivity contribution in [3.05, 3.63) is 59.6 Å². The first-order valence-electron chi connectivity index (χ1n) is 9.49. The SMILES string of the molecule is CCn1c(-c2cc(NC(=O)COc3ccc(Cl)cc3)n[nH]2)cc2c(OC)cccc21. The first-order chi connectivity index (χ1) is 14.6. The Hall–Kier alpha value is -3.45. The number of hydrogen-bond acceptors (Lipinski definition) is 4. The largest absolute Gasteiger partial charge is 0.496 e. The first kappa shape index (κ1) is 19.8. The van der Waals surface area contributed by atoms with Crippen LogP contribution in [0.4, 0.5) is 5.82 Å². The Bertz CT molecular complexity index is 1180. The minimum absolute atomic E-state index is 0.129. The summed E-state index contributed by atoms with van der Waals surface area (Å²) in [7, 11) is 1.66. The lowest BCUT2D eigenvalue weighted by molar-refractivity contribution is -0.118. The molecule has 4 rings (SSSR count). The van der Waals surface area contributed by atoms with E-state index < -0.39 is 0 Å². The van der Waals surface area contributed by atoms with Gasteiger partial charge >= 0.3 is 0 Å². The van der Waals surface area contributed by atoms with Crippen LogP contribution in [0, 0.1) is 0 Å². The molecule has 0 aliphatic heterocycles. The van der Waals surface area contributed by atoms with Crippen LogP contribution in [0.5, 0.6) is 11.5 Å². The van der Waals surface area contributed by atoms with Crippen LogP contribution in [-0.2, 0) is 11.3 Å². The van der Waals surface area contributed by atoms with Crippen LogP contribution < -0.4 is 14.8 Å². The highest BCUT2D eigenvalue weighted by atomic mass is 35.5. The van der Waals surface area contributed by atoms with Gasteiger partial charge in [0.15, 0.2) is 12.4 Å². The summed E-state index contributed by atoms with van der Waals surface area (Å²) in [5, 5.41) is 11.6. The molecule has 0 saturated heterocycles. The van der Waals surface area contributed by atoms with E-state index in [4.69, 9.17) is 21.1 Å². The molecule has 0 bridgehead atoms. The zero-order valence-electron chi connectivity index (χ0n) is 16.6. The monoisotopic (exact) mass is 424 g/mol. The predicted octanol–water partition coefficient (Wildman–Crippen LogP) is 4.73. The number of amides is 1. The Kier molecular flexibility index (Phi) is 5.63. The molecule has 0 spiro atoms. The van der Waals surface area contributed by atoms with E-state index in [1.54, 1.807) is 37.4 Å². The van der Waals surface area contributed by atoms with Crippen molar-refractivity contribution in [3.63, 3.8) is 0 Å². The van der Waals surface area contributed by atoms with Gasteiger partial charge in [-0.15, -0.1) is 0 Å². The molecular weight excluding hydrogens is 404 g/mol. The number of fused-ring (bicyclic) bond motifs is 1. The van der Waals surface area contributed by atoms with Crippen LogP contribution in [0.3, 0.4) is 0 Å². The number of nitrogens with one attached hydrogen (secondary N) is 2. The van der Waals surface area contributed by atoms with E-state index in [-0.39, 0.29) is 12.5 Å². The topological polar surface area (TPSA) is 81.2 Å². The number of aromatic amines is 1. The van der Waals surface area contributed by atoms with Gasteiger partial charge in [0.25, 0.3) is 5.91 Å². The summed E-state index contributed by atoms with van der Waals surface area (Å²) in [6.07, 6.45) is 0. The molecule has 0 aliphatic carbocycles. The quantitative estimate of drug-likeness (QED) is 0.449. The first-order valence-corrected chi connectivity index (χ1v) is 9.87. The number of ether oxygens (including phenoxy) is 2. The van der Waals surface area contributed by atoms with Crippen LogP contribution in [0.15, 0.2) is 54.6 Å². The third-order valence-electron chi connectivity index (χ3n) is 4.75. The molecule has 7 nitrogen and oxygen atoms in total. The van der Waals surface area contributed by atoms with E-state index in [2.05, 4.69) is 39.1 Å². The van der Waals surface area contributed by atoms with Gasteiger partial charge in [0.05, 0.1) is 24.0 Å². The van der Waals surface area contributed by atoms with Gasteiger partial charge < -0.3 is 19.4 Å². The number of nitrogens with zero attached hydrogens (tertiary/aromatic N) is 2. The molecule has 0 atom stereocenters. The van der Waals surface area contributed by atoms with Crippen molar-refractivity contribution in [1.29, 1.82) is 0 Å². The number of H-pyrrole nitrogens is 1. The average molecular weight is 425 g/mol. The Labute approximate surface area is 178 Å². The number of methoxy groups -OCH3 is 1. The highest BCUT2D eigenvalue weighted by Gasteiger charge is 2.15. The van der Waals surface area contributed by atoms with Crippen LogP contribution in [0.25, 0.3) is 22.3 Å². The number of rotatable bonds is 7. The number of carbonyl (C=O) groups excluding carboxylic acids is 1. The molecule has 2 heterocycles. The molecule has 0 unspecified atom stereocenters. The third kappa shape index (κ3) is 3.97. The summed E-state index contributed by atoms with van der Waals surface area (Å²) in [6, 6.07) is 16.6. The maximum absolute atomic E-state index is 12.2. The highest BCUT2D eigenvalue weighted by Crippen LogP contribution is 2.33. The smallest absolute Gasteiger partial charge is 0.263 e. The number of aryl methyl sites for hydroxylation is 1. The second-order valence-corrected chi connectivity index (χ2v) is 7.06. The van der Waals surface area contributed by atoms with Crippen molar-refractivity contribution >= 4 is 34.2 Å². The van der Waals surface area contributed by atoms with E-state index in [1.165, 1.54) is 0 Å². The van der Waals surface area contributed by atoms with E-state index in [0.717, 1.165) is 34.6 Å². The molecule has 4 aromatic rings. The van der Waals surface area contributed by atoms with Crippen LogP contribution in [-0.4, -0.2) is 34.4 Å². The second-order valence-electron chi connectivity index (χ2n) is 6.62. The van der Waals surface area contributed by atoms with Crippen molar-refractivity contribution in [2.45, 2.75) is 13.5 Å². The molecular formula is C22H21ClN4O3. The van der Waals surface area contributed by atoms with E-state index >= 15 is 0 Å². The van der Waals surface area contributed by atoms with Crippen molar-refractivity contribution in [2.75, 3.05) is 19.0 Å². The molecule has 0 radical (unpaired) electrons. The average Bonchev–Trinajstić information content (AvgIpc) is 3.37. The third-order valence-corrected chi connectivity index (χ3v) is 5.00. The number of benzene rings is 2. The Morgan fingerprint density at radius 1 is 1.20 bits per heavy atom. The summed E-state index contributed by atoms with van der Waals surface area (Å²) >= 11 is 5.84. The summed E-state index contributed by atoms with van der Waals surface area (Å²) in [5.41, 5.74) is 2.83. The highest BCUT2D eigenvalue weighted by molar-refractivity contribution is 6.30. The zero-order chi connectivity index (χ0) is 21.1. The Morgan fingerprint density at radius 2 is 2.00 bits per heavy atom. The molecule has 8 heteroatoms. The molecule has 2 aromatic carbocycles. The molecule has 0 saturated carbocycles. The van der Waals surface area contributed by atoms with Gasteiger partial charge in [0.2, 0.25) is 0 Å². The summed E-state index contributed by atoms with van der Waals surface area (Å²) in [5.74, 6) is 1.50. The standard InChI is InChI=1S/C22H21ClN4O3/c1-3-27-18-5-4-6-20(29-2)16(18)11-19(27)17-12-21(26-25-17)24-22(28)13-30-15-9-7-14(23)8-10-15/h4-12H,3,13H2,1-2H3,(H2,24,25,26,28). The fraction of sp³-hybridized carbons (Fsp3) is 0.182. The lowest BCUT2D eigenvalue weighted by Gasteiger charge is -2.06. The van der Waals surface area contributed by atoms with Crippen molar-refractivity contribution in [3.8, 4) is 22.9 Å². The molecule has 0 fully saturated rings. The maximum atomic E-state index is 12.2. The predicted molar refractivity (Wildman–Crippen MR) is 117 cm³/mol. The zero-order valence-corrected chi connectivity index (χ0v) is 17.4. The number of hydrogen-bond donors (Lipinski definition) is 2. The van der Waals surface area contributed by atoms with E-state index in [1.807, 2.05) is 12.1 Å². The minimum Gasteiger partial charge on any atom is -0.496 e. The van der Waals surface area contributed by atoms with Gasteiger partial charge in [0.1, 0.15) is 11.5 Å². The van der Waals surface area contributed by atoms with Crippen molar-refractivity contribution in [2.24, 2.45) is 0 Å². The Morgan fingerprint density at radius 3 is 2.73 bits per heavy atom. The summed E-state index contributed by atoms with van der Waals surface area (Å²) in [6.45, 7) is 2.73. The normalized spacial score (nSPS) is 10.9. The van der Waals surface area contributed by atoms with Crippen molar-refractivity contribution in [1.82, 2.24) is 14.8 Å². The molecule has 154 valence electrons. The van der Waals surface area contributed by atoms with Gasteiger partial charge in [-0.3, -0.25) is 9.89 Å². The second kappa shape index (κ2) is 8.51. The van der Waals surface area contributed by atoms with Gasteiger partial charge in [-0.25, -0.2) is 0 Å². The van der Waals surface area contributed by atoms with Gasteiger partial charge in [-0.05, 0) is 49.4 Å². The molecule has 30 heavy (non-hydrogen) atoms. The van der Waals surface area contributed by atoms with E-state index in [9.17, 15) is 4.79 Å². The minimum atomic E-state index is -0.305. The lowest BCUT2D eigenvalue weighted by Crippen LogP contribution is -2.20. The van der Waals surface area contributed by atoms with Crippen LogP contribution in [0.1, 0.15) is 6.92 Å². The number of aromatic nitrogens is 3. The van der Waals surface area contributed by atoms with Crippen LogP contribution >= 0.6 is 11.6 Å². The van der Waals surface area contributed by atoms with Crippen LogP contribution in [0.2, 0.25) is 5.02 Å². The maximum Gasteiger partial charge on any atom is 0.263 e. The fourth-order valence-electron chi connectivity index (χ4n) is 3.37. The number of halogens is 1. The number of carbonyl (C=O) groups is 1. The molecule has 1 amide bonds. The molecule has 0 aliphatic rings. The fourth-order valence-corrected chi connectivity index (χ4v) is 3.50. The van der Waals surface area contributed by atoms with E-state index in [0.29, 0.717) is 16.6 Å². The number of anilines is 1. The molecule has 2 aromatic heterocycles. The summed E-state index contributed by atoms with van der Waals surface area (Å²) in [4.78, 5) is 12.2. The Balaban J connectivity index is 1.50. The summed E-state index contributed by atoms with van der Waals surface area (Å²) < 4.78 is 13.1. The van der Waals surface area contributed by atoms with Gasteiger partial charge in [-0.1, -0.05) is 17.7 Å². The lowest BCUT2D eigenvalue weighted by atomic mass is 10.2. The van der Waals surface area contributed by atoms with Crippen molar-refractivity contribution < 1.29 is 14.3 Å². The van der Waals surface area contributed by atoms with Gasteiger partial charge in [-0.2, -0.15) is 5.10 Å². The van der Waals surface area contributed by atoms with Gasteiger partial charge in [0, 0.05) is 23.0 Å².